The van der Waals surface area contributed by atoms with Crippen LogP contribution < -0.4 is 16.4 Å². The number of nitrogen functional groups attached to an aromatic ring is 1. The van der Waals surface area contributed by atoms with Crippen molar-refractivity contribution in [2.24, 2.45) is 0 Å². The summed E-state index contributed by atoms with van der Waals surface area (Å²) < 4.78 is 6.99. The number of rotatable bonds is 10. The summed E-state index contributed by atoms with van der Waals surface area (Å²) in [5.74, 6) is 0.0449. The fourth-order valence-electron chi connectivity index (χ4n) is 4.62. The molecule has 12 nitrogen and oxygen atoms in total. The van der Waals surface area contributed by atoms with Gasteiger partial charge < -0.3 is 30.6 Å². The number of nitro groups is 1. The average molecular weight is 604 g/mol. The van der Waals surface area contributed by atoms with Crippen molar-refractivity contribution < 1.29 is 19.2 Å². The molecule has 1 aliphatic rings. The lowest BCUT2D eigenvalue weighted by molar-refractivity contribution is -0.384. The lowest BCUT2D eigenvalue weighted by Crippen LogP contribution is -2.46. The van der Waals surface area contributed by atoms with Crippen molar-refractivity contribution in [2.45, 2.75) is 38.8 Å². The van der Waals surface area contributed by atoms with Gasteiger partial charge in [0.2, 0.25) is 5.82 Å². The number of aromatic nitrogens is 2. The van der Waals surface area contributed by atoms with E-state index in [9.17, 15) is 19.7 Å². The fourth-order valence-corrected chi connectivity index (χ4v) is 5.13. The molecule has 41 heavy (non-hydrogen) atoms. The van der Waals surface area contributed by atoms with Gasteiger partial charge in [-0.25, -0.2) is 9.78 Å². The van der Waals surface area contributed by atoms with Gasteiger partial charge in [-0.2, -0.15) is 0 Å². The maximum atomic E-state index is 13.5. The van der Waals surface area contributed by atoms with Gasteiger partial charge in [0.25, 0.3) is 5.91 Å². The second-order valence-electron chi connectivity index (χ2n) is 9.52. The van der Waals surface area contributed by atoms with Gasteiger partial charge in [-0.1, -0.05) is 29.3 Å². The highest BCUT2D eigenvalue weighted by Gasteiger charge is 2.26. The van der Waals surface area contributed by atoms with E-state index in [-0.39, 0.29) is 29.5 Å². The number of anilines is 2. The molecule has 1 aliphatic heterocycles. The van der Waals surface area contributed by atoms with E-state index in [0.717, 1.165) is 0 Å². The molecule has 4 N–H and O–H groups in total. The second-order valence-corrected chi connectivity index (χ2v) is 10.4. The molecule has 4 rings (SSSR count). The van der Waals surface area contributed by atoms with Crippen LogP contribution in [0.3, 0.4) is 0 Å². The van der Waals surface area contributed by atoms with Gasteiger partial charge in [-0.05, 0) is 44.4 Å². The summed E-state index contributed by atoms with van der Waals surface area (Å²) in [4.78, 5) is 41.5. The summed E-state index contributed by atoms with van der Waals surface area (Å²) in [6.07, 6.45) is 5.22. The Morgan fingerprint density at radius 3 is 2.59 bits per heavy atom. The molecule has 0 spiro atoms. The number of carbonyl (C=O) groups excluding carboxylic acids is 2. The fraction of sp³-hybridized carbons (Fsp3) is 0.370. The first kappa shape index (κ1) is 29.9. The van der Waals surface area contributed by atoms with Crippen LogP contribution in [0, 0.1) is 10.1 Å². The first-order valence-electron chi connectivity index (χ1n) is 13.2. The van der Waals surface area contributed by atoms with Crippen LogP contribution in [0.2, 0.25) is 10.0 Å². The van der Waals surface area contributed by atoms with Gasteiger partial charge in [0.1, 0.15) is 5.82 Å². The zero-order valence-electron chi connectivity index (χ0n) is 22.4. The Morgan fingerprint density at radius 1 is 1.17 bits per heavy atom. The highest BCUT2D eigenvalue weighted by atomic mass is 35.5. The number of nitrogens with two attached hydrogens (primary N) is 1. The van der Waals surface area contributed by atoms with Gasteiger partial charge in [0.15, 0.2) is 0 Å². The van der Waals surface area contributed by atoms with E-state index in [4.69, 9.17) is 33.7 Å². The lowest BCUT2D eigenvalue weighted by Gasteiger charge is -2.31. The minimum Gasteiger partial charge on any atom is -0.450 e. The van der Waals surface area contributed by atoms with Crippen molar-refractivity contribution >= 4 is 52.5 Å². The minimum atomic E-state index is -0.581. The second kappa shape index (κ2) is 13.6. The molecule has 14 heteroatoms. The summed E-state index contributed by atoms with van der Waals surface area (Å²) in [7, 11) is 0. The molecule has 0 bridgehead atoms. The molecule has 1 saturated heterocycles. The monoisotopic (exact) mass is 603 g/mol. The van der Waals surface area contributed by atoms with Gasteiger partial charge in [0, 0.05) is 71.9 Å². The van der Waals surface area contributed by atoms with E-state index >= 15 is 0 Å². The predicted molar refractivity (Wildman–Crippen MR) is 157 cm³/mol. The minimum absolute atomic E-state index is 0.0871. The average Bonchev–Trinajstić information content (AvgIpc) is 3.35. The van der Waals surface area contributed by atoms with Crippen molar-refractivity contribution in [3.05, 3.63) is 68.4 Å². The van der Waals surface area contributed by atoms with Gasteiger partial charge >= 0.3 is 11.8 Å². The van der Waals surface area contributed by atoms with E-state index in [1.807, 2.05) is 10.8 Å². The number of pyridine rings is 1. The molecule has 3 heterocycles. The zero-order chi connectivity index (χ0) is 29.5. The molecule has 1 fully saturated rings. The standard InChI is InChI=1S/C27H31Cl2N7O5/c1-2-41-27(38)35-12-8-18(9-13-35)32-26(37)21-16-34(15-20(21)19-5-4-17(28)14-22(19)29)11-3-10-31-24-7-6-23(36(39)40)25(30)33-24/h4-7,14-16,18H,2-3,8-13H2,1H3,(H,32,37)(H3,30,31,33). The Morgan fingerprint density at radius 2 is 1.93 bits per heavy atom. The highest BCUT2D eigenvalue weighted by molar-refractivity contribution is 6.36. The van der Waals surface area contributed by atoms with E-state index < -0.39 is 4.92 Å². The maximum Gasteiger partial charge on any atom is 0.409 e. The molecule has 0 saturated carbocycles. The number of carbonyl (C=O) groups is 2. The lowest BCUT2D eigenvalue weighted by atomic mass is 10.0. The summed E-state index contributed by atoms with van der Waals surface area (Å²) in [5.41, 5.74) is 7.25. The molecule has 2 aromatic heterocycles. The Balaban J connectivity index is 1.43. The predicted octanol–water partition coefficient (Wildman–Crippen LogP) is 5.20. The van der Waals surface area contributed by atoms with Crippen molar-refractivity contribution in [3.63, 3.8) is 0 Å². The van der Waals surface area contributed by atoms with Gasteiger partial charge in [0.05, 0.1) is 17.1 Å². The van der Waals surface area contributed by atoms with Crippen LogP contribution in [0.25, 0.3) is 11.1 Å². The molecule has 1 aromatic carbocycles. The molecule has 0 radical (unpaired) electrons. The molecular weight excluding hydrogens is 573 g/mol. The van der Waals surface area contributed by atoms with Crippen LogP contribution in [0.15, 0.2) is 42.7 Å². The third-order valence-corrected chi connectivity index (χ3v) is 7.25. The van der Waals surface area contributed by atoms with E-state index in [1.54, 1.807) is 36.2 Å². The van der Waals surface area contributed by atoms with Gasteiger partial charge in [-0.3, -0.25) is 14.9 Å². The number of ether oxygens (including phenoxy) is 1. The molecule has 0 atom stereocenters. The third-order valence-electron chi connectivity index (χ3n) is 6.70. The SMILES string of the molecule is CCOC(=O)N1CCC(NC(=O)c2cn(CCCNc3ccc([N+](=O)[O-])c(N)n3)cc2-c2ccc(Cl)cc2Cl)CC1. The number of amides is 2. The van der Waals surface area contributed by atoms with Crippen molar-refractivity contribution in [1.29, 1.82) is 0 Å². The number of piperidine rings is 1. The Hall–Kier alpha value is -4.03. The number of nitrogens with one attached hydrogen (secondary N) is 2. The Bertz CT molecular complexity index is 1420. The van der Waals surface area contributed by atoms with E-state index in [1.165, 1.54) is 12.1 Å². The Labute approximate surface area is 246 Å². The van der Waals surface area contributed by atoms with Crippen LogP contribution in [0.4, 0.5) is 22.1 Å². The summed E-state index contributed by atoms with van der Waals surface area (Å²) in [6.45, 7) is 4.18. The van der Waals surface area contributed by atoms with Crippen LogP contribution in [0.5, 0.6) is 0 Å². The molecule has 218 valence electrons. The van der Waals surface area contributed by atoms with Crippen molar-refractivity contribution in [1.82, 2.24) is 19.8 Å². The number of likely N-dealkylation sites (tertiary alicyclic amines) is 1. The van der Waals surface area contributed by atoms with E-state index in [2.05, 4.69) is 15.6 Å². The first-order chi connectivity index (χ1) is 19.7. The van der Waals surface area contributed by atoms with Crippen LogP contribution >= 0.6 is 23.2 Å². The normalized spacial score (nSPS) is 13.6. The number of hydrogen-bond donors (Lipinski definition) is 3. The number of benzene rings is 1. The van der Waals surface area contributed by atoms with Crippen LogP contribution in [-0.2, 0) is 11.3 Å². The topological polar surface area (TPSA) is 158 Å². The van der Waals surface area contributed by atoms with Crippen molar-refractivity contribution in [2.75, 3.05) is 37.3 Å². The Kier molecular flexibility index (Phi) is 9.90. The quantitative estimate of drug-likeness (QED) is 0.162. The largest absolute Gasteiger partial charge is 0.450 e. The summed E-state index contributed by atoms with van der Waals surface area (Å²) in [6, 6.07) is 7.87. The smallest absolute Gasteiger partial charge is 0.409 e. The number of hydrogen-bond acceptors (Lipinski definition) is 8. The number of halogens is 2. The number of nitrogens with zero attached hydrogens (tertiary/aromatic N) is 4. The molecule has 2 amide bonds. The van der Waals surface area contributed by atoms with Crippen molar-refractivity contribution in [3.8, 4) is 11.1 Å². The third kappa shape index (κ3) is 7.59. The summed E-state index contributed by atoms with van der Waals surface area (Å²) in [5, 5.41) is 18.1. The molecule has 0 aliphatic carbocycles. The zero-order valence-corrected chi connectivity index (χ0v) is 24.0. The maximum absolute atomic E-state index is 13.5. The molecule has 3 aromatic rings. The highest BCUT2D eigenvalue weighted by Crippen LogP contribution is 2.33. The molecular formula is C27H31Cl2N7O5. The summed E-state index contributed by atoms with van der Waals surface area (Å²) >= 11 is 12.6. The van der Waals surface area contributed by atoms with Crippen LogP contribution in [-0.4, -0.2) is 63.7 Å². The van der Waals surface area contributed by atoms with E-state index in [0.29, 0.717) is 84.6 Å². The van der Waals surface area contributed by atoms with Crippen LogP contribution in [0.1, 0.15) is 36.5 Å². The molecule has 0 unspecified atom stereocenters. The first-order valence-corrected chi connectivity index (χ1v) is 13.9. The number of aryl methyl sites for hydroxylation is 1. The van der Waals surface area contributed by atoms with Gasteiger partial charge in [-0.15, -0.1) is 0 Å².